The Morgan fingerprint density at radius 3 is 2.04 bits per heavy atom. The average Bonchev–Trinajstić information content (AvgIpc) is 2.67. The smallest absolute Gasteiger partial charge is 0.247 e. The van der Waals surface area contributed by atoms with Gasteiger partial charge in [-0.3, -0.25) is 19.3 Å². The Hall–Kier alpha value is -3.06. The fourth-order valence-electron chi connectivity index (χ4n) is 4.26. The summed E-state index contributed by atoms with van der Waals surface area (Å²) in [6.07, 6.45) is 3.39. The molecule has 1 saturated carbocycles. The third-order valence-corrected chi connectivity index (χ3v) is 5.69. The number of rotatable bonds is 3. The molecule has 1 aliphatic heterocycles. The van der Waals surface area contributed by atoms with Gasteiger partial charge in [0.2, 0.25) is 11.8 Å². The second-order valence-corrected chi connectivity index (χ2v) is 7.11. The summed E-state index contributed by atoms with van der Waals surface area (Å²) in [5.41, 5.74) is -0.817. The normalized spacial score (nSPS) is 24.3. The van der Waals surface area contributed by atoms with Gasteiger partial charge in [-0.1, -0.05) is 19.3 Å². The summed E-state index contributed by atoms with van der Waals surface area (Å²) in [5.74, 6) is -4.74. The van der Waals surface area contributed by atoms with Gasteiger partial charge in [-0.25, -0.2) is 4.39 Å². The maximum absolute atomic E-state index is 13.0. The van der Waals surface area contributed by atoms with Crippen molar-refractivity contribution in [3.05, 3.63) is 35.6 Å². The number of amides is 2. The second-order valence-electron chi connectivity index (χ2n) is 7.11. The first kappa shape index (κ1) is 18.7. The Balaban J connectivity index is 1.91. The van der Waals surface area contributed by atoms with Crippen LogP contribution in [0.1, 0.15) is 42.5 Å². The molecular formula is C20H18FN3O3. The molecule has 2 unspecified atom stereocenters. The van der Waals surface area contributed by atoms with E-state index < -0.39 is 47.2 Å². The van der Waals surface area contributed by atoms with Crippen molar-refractivity contribution in [1.29, 1.82) is 10.5 Å². The Bertz CT molecular complexity index is 824. The molecule has 138 valence electrons. The quantitative estimate of drug-likeness (QED) is 0.603. The molecule has 1 aromatic carbocycles. The molecule has 0 N–H and O–H groups in total. The maximum Gasteiger partial charge on any atom is 0.247 e. The topological polar surface area (TPSA) is 102 Å². The standard InChI is InChI=1S/C20H18FN3O3/c21-14-6-4-13(5-7-14)17(25)12-24-18(26)15(10-22)20(8-2-1-3-9-20)16(11-23)19(24)27/h4-7,15-16H,1-3,8-9,12H2. The lowest BCUT2D eigenvalue weighted by Gasteiger charge is -2.47. The first-order chi connectivity index (χ1) is 12.9. The fourth-order valence-corrected chi connectivity index (χ4v) is 4.26. The van der Waals surface area contributed by atoms with Gasteiger partial charge in [0.15, 0.2) is 5.78 Å². The van der Waals surface area contributed by atoms with Crippen molar-refractivity contribution < 1.29 is 18.8 Å². The van der Waals surface area contributed by atoms with Crippen LogP contribution < -0.4 is 0 Å². The molecule has 1 heterocycles. The fraction of sp³-hybridized carbons (Fsp3) is 0.450. The van der Waals surface area contributed by atoms with Crippen molar-refractivity contribution in [2.24, 2.45) is 17.3 Å². The van der Waals surface area contributed by atoms with Crippen molar-refractivity contribution in [2.45, 2.75) is 32.1 Å². The van der Waals surface area contributed by atoms with E-state index in [1.165, 1.54) is 12.1 Å². The third-order valence-electron chi connectivity index (χ3n) is 5.69. The average molecular weight is 367 g/mol. The van der Waals surface area contributed by atoms with Crippen LogP contribution >= 0.6 is 0 Å². The minimum atomic E-state index is -1.12. The predicted octanol–water partition coefficient (Wildman–Crippen LogP) is 2.61. The summed E-state index contributed by atoms with van der Waals surface area (Å²) in [4.78, 5) is 38.9. The summed E-state index contributed by atoms with van der Waals surface area (Å²) >= 11 is 0. The lowest BCUT2D eigenvalue weighted by molar-refractivity contribution is -0.162. The van der Waals surface area contributed by atoms with Crippen LogP contribution in [0.25, 0.3) is 0 Å². The first-order valence-electron chi connectivity index (χ1n) is 8.88. The van der Waals surface area contributed by atoms with Crippen molar-refractivity contribution in [3.63, 3.8) is 0 Å². The molecule has 1 saturated heterocycles. The van der Waals surface area contributed by atoms with Gasteiger partial charge in [0.1, 0.15) is 17.7 Å². The molecule has 0 bridgehead atoms. The number of imide groups is 1. The zero-order valence-electron chi connectivity index (χ0n) is 14.7. The molecule has 1 spiro atoms. The summed E-state index contributed by atoms with van der Waals surface area (Å²) in [6.45, 7) is -0.560. The molecule has 2 amide bonds. The molecule has 0 aromatic heterocycles. The minimum absolute atomic E-state index is 0.150. The van der Waals surface area contributed by atoms with Crippen LogP contribution in [-0.2, 0) is 9.59 Å². The van der Waals surface area contributed by atoms with Gasteiger partial charge in [-0.05, 0) is 37.1 Å². The molecular weight excluding hydrogens is 349 g/mol. The van der Waals surface area contributed by atoms with Gasteiger partial charge in [-0.15, -0.1) is 0 Å². The highest BCUT2D eigenvalue weighted by molar-refractivity contribution is 6.08. The van der Waals surface area contributed by atoms with Gasteiger partial charge in [-0.2, -0.15) is 10.5 Å². The molecule has 1 aromatic rings. The van der Waals surface area contributed by atoms with Crippen molar-refractivity contribution >= 4 is 17.6 Å². The van der Waals surface area contributed by atoms with Gasteiger partial charge in [0.25, 0.3) is 0 Å². The largest absolute Gasteiger partial charge is 0.292 e. The number of nitriles is 2. The van der Waals surface area contributed by atoms with Crippen LogP contribution in [0.3, 0.4) is 0 Å². The lowest BCUT2D eigenvalue weighted by Crippen LogP contribution is -2.60. The number of piperidine rings is 1. The van der Waals surface area contributed by atoms with E-state index >= 15 is 0 Å². The van der Waals surface area contributed by atoms with Crippen LogP contribution in [0.2, 0.25) is 0 Å². The molecule has 27 heavy (non-hydrogen) atoms. The zero-order chi connectivity index (χ0) is 19.6. The number of likely N-dealkylation sites (tertiary alicyclic amines) is 1. The maximum atomic E-state index is 13.0. The molecule has 2 fully saturated rings. The molecule has 2 aliphatic rings. The minimum Gasteiger partial charge on any atom is -0.292 e. The van der Waals surface area contributed by atoms with Crippen LogP contribution in [0.4, 0.5) is 4.39 Å². The van der Waals surface area contributed by atoms with E-state index in [2.05, 4.69) is 0 Å². The van der Waals surface area contributed by atoms with Gasteiger partial charge < -0.3 is 0 Å². The van der Waals surface area contributed by atoms with E-state index in [0.717, 1.165) is 36.3 Å². The number of Topliss-reactive ketones (excluding diaryl/α,β-unsaturated/α-hetero) is 1. The van der Waals surface area contributed by atoms with Crippen LogP contribution in [0, 0.1) is 45.7 Å². The van der Waals surface area contributed by atoms with E-state index in [9.17, 15) is 29.3 Å². The predicted molar refractivity (Wildman–Crippen MR) is 91.2 cm³/mol. The molecule has 3 rings (SSSR count). The molecule has 6 nitrogen and oxygen atoms in total. The monoisotopic (exact) mass is 367 g/mol. The summed E-state index contributed by atoms with van der Waals surface area (Å²) < 4.78 is 13.0. The number of hydrogen-bond donors (Lipinski definition) is 0. The third kappa shape index (κ3) is 3.10. The van der Waals surface area contributed by atoms with E-state index in [-0.39, 0.29) is 5.56 Å². The number of carbonyl (C=O) groups excluding carboxylic acids is 3. The van der Waals surface area contributed by atoms with Crippen LogP contribution in [0.15, 0.2) is 24.3 Å². The van der Waals surface area contributed by atoms with Crippen LogP contribution in [-0.4, -0.2) is 29.0 Å². The highest BCUT2D eigenvalue weighted by atomic mass is 19.1. The van der Waals surface area contributed by atoms with E-state index in [4.69, 9.17) is 0 Å². The Kier molecular flexibility index (Phi) is 5.05. The molecule has 7 heteroatoms. The van der Waals surface area contributed by atoms with Crippen molar-refractivity contribution in [2.75, 3.05) is 6.54 Å². The number of hydrogen-bond acceptors (Lipinski definition) is 5. The van der Waals surface area contributed by atoms with Gasteiger partial charge >= 0.3 is 0 Å². The van der Waals surface area contributed by atoms with Gasteiger partial charge in [0, 0.05) is 11.0 Å². The van der Waals surface area contributed by atoms with E-state index in [1.807, 2.05) is 12.1 Å². The van der Waals surface area contributed by atoms with Crippen molar-refractivity contribution in [1.82, 2.24) is 4.90 Å². The Labute approximate surface area is 156 Å². The number of ketones is 1. The number of carbonyl (C=O) groups is 3. The molecule has 0 radical (unpaired) electrons. The summed E-state index contributed by atoms with van der Waals surface area (Å²) in [7, 11) is 0. The highest BCUT2D eigenvalue weighted by Gasteiger charge is 2.59. The van der Waals surface area contributed by atoms with E-state index in [0.29, 0.717) is 12.8 Å². The second kappa shape index (κ2) is 7.28. The zero-order valence-corrected chi connectivity index (χ0v) is 14.7. The number of nitrogens with zero attached hydrogens (tertiary/aromatic N) is 3. The lowest BCUT2D eigenvalue weighted by atomic mass is 9.57. The number of halogens is 1. The highest BCUT2D eigenvalue weighted by Crippen LogP contribution is 2.51. The molecule has 2 atom stereocenters. The Morgan fingerprint density at radius 2 is 1.56 bits per heavy atom. The Morgan fingerprint density at radius 1 is 1.04 bits per heavy atom. The van der Waals surface area contributed by atoms with E-state index in [1.54, 1.807) is 0 Å². The number of benzene rings is 1. The first-order valence-corrected chi connectivity index (χ1v) is 8.88. The summed E-state index contributed by atoms with van der Waals surface area (Å²) in [5, 5.41) is 19.3. The van der Waals surface area contributed by atoms with Gasteiger partial charge in [0.05, 0.1) is 18.7 Å². The molecule has 1 aliphatic carbocycles. The summed E-state index contributed by atoms with van der Waals surface area (Å²) in [6, 6.07) is 8.74. The van der Waals surface area contributed by atoms with Crippen molar-refractivity contribution in [3.8, 4) is 12.1 Å². The van der Waals surface area contributed by atoms with Crippen LogP contribution in [0.5, 0.6) is 0 Å². The SMILES string of the molecule is N#CC1C(=O)N(CC(=O)c2ccc(F)cc2)C(=O)C(C#N)C12CCCCC2.